The Kier molecular flexibility index (Phi) is 7.51. The molecule has 1 heterocycles. The Morgan fingerprint density at radius 3 is 2.48 bits per heavy atom. The van der Waals surface area contributed by atoms with E-state index in [-0.39, 0.29) is 16.7 Å². The number of benzene rings is 2. The number of nitrogens with zero attached hydrogens (tertiary/aromatic N) is 1. The van der Waals surface area contributed by atoms with Crippen molar-refractivity contribution in [3.8, 4) is 5.75 Å². The highest BCUT2D eigenvalue weighted by atomic mass is 32.2. The highest BCUT2D eigenvalue weighted by molar-refractivity contribution is 7.89. The van der Waals surface area contributed by atoms with Gasteiger partial charge in [0.2, 0.25) is 15.9 Å². The Balaban J connectivity index is 1.81. The van der Waals surface area contributed by atoms with Gasteiger partial charge >= 0.3 is 0 Å². The van der Waals surface area contributed by atoms with Crippen molar-refractivity contribution in [1.82, 2.24) is 4.31 Å². The number of amides is 1. The number of nitrogens with one attached hydrogen (secondary N) is 1. The molecule has 2 aromatic rings. The summed E-state index contributed by atoms with van der Waals surface area (Å²) in [5.74, 6) is 0.312. The maximum atomic E-state index is 13.1. The highest BCUT2D eigenvalue weighted by Crippen LogP contribution is 2.30. The zero-order valence-electron chi connectivity index (χ0n) is 18.3. The third-order valence-electron chi connectivity index (χ3n) is 5.39. The first-order chi connectivity index (χ1) is 14.8. The van der Waals surface area contributed by atoms with E-state index in [1.54, 1.807) is 24.3 Å². The molecule has 166 valence electrons. The van der Waals surface area contributed by atoms with Gasteiger partial charge in [-0.2, -0.15) is 4.31 Å². The van der Waals surface area contributed by atoms with E-state index in [1.165, 1.54) is 17.5 Å². The lowest BCUT2D eigenvalue weighted by Crippen LogP contribution is -2.35. The standard InChI is InChI=1S/C24H30N2O4S/c1-18(2)20-9-5-6-10-21(20)25-24(27)14-12-19-11-13-22(30-3)23(17-19)31(28,29)26-15-7-4-8-16-26/h5-6,9-14,17-18H,4,7-8,15-16H2,1-3H3,(H,25,27). The van der Waals surface area contributed by atoms with Crippen LogP contribution in [-0.2, 0) is 14.8 Å². The minimum atomic E-state index is -3.66. The largest absolute Gasteiger partial charge is 0.495 e. The number of hydrogen-bond acceptors (Lipinski definition) is 4. The first-order valence-corrected chi connectivity index (χ1v) is 12.0. The topological polar surface area (TPSA) is 75.7 Å². The molecule has 0 spiro atoms. The molecule has 1 N–H and O–H groups in total. The van der Waals surface area contributed by atoms with Crippen LogP contribution in [0.4, 0.5) is 5.69 Å². The Labute approximate surface area is 185 Å². The number of rotatable bonds is 7. The summed E-state index contributed by atoms with van der Waals surface area (Å²) in [6.45, 7) is 5.18. The van der Waals surface area contributed by atoms with Gasteiger partial charge in [0.1, 0.15) is 10.6 Å². The molecule has 0 radical (unpaired) electrons. The molecule has 0 atom stereocenters. The van der Waals surface area contributed by atoms with Crippen molar-refractivity contribution in [2.45, 2.75) is 43.9 Å². The maximum Gasteiger partial charge on any atom is 0.248 e. The smallest absolute Gasteiger partial charge is 0.248 e. The average molecular weight is 443 g/mol. The van der Waals surface area contributed by atoms with Gasteiger partial charge in [0.25, 0.3) is 0 Å². The molecule has 1 fully saturated rings. The van der Waals surface area contributed by atoms with Crippen LogP contribution < -0.4 is 10.1 Å². The van der Waals surface area contributed by atoms with Crippen LogP contribution in [0.2, 0.25) is 0 Å². The van der Waals surface area contributed by atoms with Crippen LogP contribution in [0.25, 0.3) is 6.08 Å². The number of ether oxygens (including phenoxy) is 1. The molecule has 0 bridgehead atoms. The van der Waals surface area contributed by atoms with Gasteiger partial charge in [0, 0.05) is 24.9 Å². The van der Waals surface area contributed by atoms with Crippen LogP contribution in [0.15, 0.2) is 53.4 Å². The molecular formula is C24H30N2O4S. The number of piperidine rings is 1. The predicted molar refractivity (Wildman–Crippen MR) is 124 cm³/mol. The van der Waals surface area contributed by atoms with Crippen molar-refractivity contribution in [3.05, 3.63) is 59.7 Å². The second-order valence-electron chi connectivity index (χ2n) is 7.94. The van der Waals surface area contributed by atoms with Crippen LogP contribution in [-0.4, -0.2) is 38.8 Å². The molecule has 0 aliphatic carbocycles. The summed E-state index contributed by atoms with van der Waals surface area (Å²) >= 11 is 0. The Bertz CT molecular complexity index is 1050. The molecule has 0 unspecified atom stereocenters. The van der Waals surface area contributed by atoms with Crippen molar-refractivity contribution in [2.24, 2.45) is 0 Å². The summed E-state index contributed by atoms with van der Waals surface area (Å²) in [5, 5.41) is 2.90. The van der Waals surface area contributed by atoms with Gasteiger partial charge < -0.3 is 10.1 Å². The molecule has 3 rings (SSSR count). The van der Waals surface area contributed by atoms with Crippen LogP contribution in [0.5, 0.6) is 5.75 Å². The van der Waals surface area contributed by atoms with Gasteiger partial charge in [0.15, 0.2) is 0 Å². The van der Waals surface area contributed by atoms with Gasteiger partial charge in [0.05, 0.1) is 7.11 Å². The fourth-order valence-electron chi connectivity index (χ4n) is 3.70. The summed E-state index contributed by atoms with van der Waals surface area (Å²) in [7, 11) is -2.20. The van der Waals surface area contributed by atoms with Crippen molar-refractivity contribution in [3.63, 3.8) is 0 Å². The number of carbonyl (C=O) groups excluding carboxylic acids is 1. The number of methoxy groups -OCH3 is 1. The molecule has 1 amide bonds. The first-order valence-electron chi connectivity index (χ1n) is 10.6. The molecule has 31 heavy (non-hydrogen) atoms. The van der Waals surface area contributed by atoms with Gasteiger partial charge in [-0.25, -0.2) is 8.42 Å². The Morgan fingerprint density at radius 2 is 1.81 bits per heavy atom. The molecule has 2 aromatic carbocycles. The average Bonchev–Trinajstić information content (AvgIpc) is 2.78. The van der Waals surface area contributed by atoms with Crippen molar-refractivity contribution in [2.75, 3.05) is 25.5 Å². The Hall–Kier alpha value is -2.64. The lowest BCUT2D eigenvalue weighted by molar-refractivity contribution is -0.111. The molecule has 6 nitrogen and oxygen atoms in total. The summed E-state index contributed by atoms with van der Waals surface area (Å²) in [4.78, 5) is 12.6. The number of sulfonamides is 1. The number of hydrogen-bond donors (Lipinski definition) is 1. The molecule has 7 heteroatoms. The van der Waals surface area contributed by atoms with E-state index in [1.807, 2.05) is 24.3 Å². The van der Waals surface area contributed by atoms with E-state index in [2.05, 4.69) is 19.2 Å². The Morgan fingerprint density at radius 1 is 1.10 bits per heavy atom. The van der Waals surface area contributed by atoms with E-state index in [4.69, 9.17) is 4.74 Å². The minimum absolute atomic E-state index is 0.129. The number of anilines is 1. The van der Waals surface area contributed by atoms with Gasteiger partial charge in [-0.3, -0.25) is 4.79 Å². The SMILES string of the molecule is COc1ccc(C=CC(=O)Nc2ccccc2C(C)C)cc1S(=O)(=O)N1CCCCC1. The third-order valence-corrected chi connectivity index (χ3v) is 7.31. The predicted octanol–water partition coefficient (Wildman–Crippen LogP) is 4.65. The zero-order chi connectivity index (χ0) is 22.4. The van der Waals surface area contributed by atoms with Gasteiger partial charge in [-0.05, 0) is 54.2 Å². The van der Waals surface area contributed by atoms with E-state index in [9.17, 15) is 13.2 Å². The van der Waals surface area contributed by atoms with E-state index >= 15 is 0 Å². The first kappa shape index (κ1) is 23.0. The van der Waals surface area contributed by atoms with Crippen LogP contribution in [0.3, 0.4) is 0 Å². The van der Waals surface area contributed by atoms with Crippen molar-refractivity contribution in [1.29, 1.82) is 0 Å². The van der Waals surface area contributed by atoms with Crippen LogP contribution in [0, 0.1) is 0 Å². The van der Waals surface area contributed by atoms with Crippen LogP contribution >= 0.6 is 0 Å². The fourth-order valence-corrected chi connectivity index (χ4v) is 5.41. The van der Waals surface area contributed by atoms with E-state index < -0.39 is 10.0 Å². The molecule has 0 saturated carbocycles. The molecule has 1 aliphatic rings. The van der Waals surface area contributed by atoms with Crippen molar-refractivity contribution < 1.29 is 17.9 Å². The molecular weight excluding hydrogens is 412 g/mol. The maximum absolute atomic E-state index is 13.1. The second-order valence-corrected chi connectivity index (χ2v) is 9.85. The molecule has 1 saturated heterocycles. The zero-order valence-corrected chi connectivity index (χ0v) is 19.1. The lowest BCUT2D eigenvalue weighted by Gasteiger charge is -2.26. The van der Waals surface area contributed by atoms with E-state index in [0.717, 1.165) is 30.5 Å². The minimum Gasteiger partial charge on any atom is -0.495 e. The quantitative estimate of drug-likeness (QED) is 0.634. The normalized spacial score (nSPS) is 15.4. The third kappa shape index (κ3) is 5.54. The second kappa shape index (κ2) is 10.1. The summed E-state index contributed by atoms with van der Waals surface area (Å²) in [6.07, 6.45) is 5.79. The summed E-state index contributed by atoms with van der Waals surface area (Å²) < 4.78 is 33.1. The van der Waals surface area contributed by atoms with Gasteiger partial charge in [-0.1, -0.05) is 44.5 Å². The van der Waals surface area contributed by atoms with Crippen LogP contribution in [0.1, 0.15) is 50.2 Å². The highest BCUT2D eigenvalue weighted by Gasteiger charge is 2.29. The number of para-hydroxylation sites is 1. The van der Waals surface area contributed by atoms with Crippen molar-refractivity contribution >= 4 is 27.7 Å². The molecule has 0 aromatic heterocycles. The monoisotopic (exact) mass is 442 g/mol. The summed E-state index contributed by atoms with van der Waals surface area (Å²) in [6, 6.07) is 12.6. The van der Waals surface area contributed by atoms with E-state index in [0.29, 0.717) is 24.4 Å². The fraction of sp³-hybridized carbons (Fsp3) is 0.375. The molecule has 1 aliphatic heterocycles. The summed E-state index contributed by atoms with van der Waals surface area (Å²) in [5.41, 5.74) is 2.45. The number of carbonyl (C=O) groups is 1. The lowest BCUT2D eigenvalue weighted by atomic mass is 10.0. The van der Waals surface area contributed by atoms with Gasteiger partial charge in [-0.15, -0.1) is 0 Å².